The fourth-order valence-corrected chi connectivity index (χ4v) is 3.87. The van der Waals surface area contributed by atoms with E-state index in [0.717, 1.165) is 12.1 Å². The van der Waals surface area contributed by atoms with Gasteiger partial charge in [0.25, 0.3) is 0 Å². The Labute approximate surface area is 205 Å². The van der Waals surface area contributed by atoms with Crippen LogP contribution in [-0.4, -0.2) is 31.0 Å². The van der Waals surface area contributed by atoms with Crippen LogP contribution in [0.2, 0.25) is 0 Å². The summed E-state index contributed by atoms with van der Waals surface area (Å²) in [5.74, 6) is -0.546. The summed E-state index contributed by atoms with van der Waals surface area (Å²) in [6.07, 6.45) is -4.46. The third-order valence-corrected chi connectivity index (χ3v) is 5.80. The Bertz CT molecular complexity index is 1300. The molecule has 36 heavy (non-hydrogen) atoms. The quantitative estimate of drug-likeness (QED) is 0.361. The minimum atomic E-state index is -4.95. The van der Waals surface area contributed by atoms with E-state index in [0.29, 0.717) is 28.9 Å². The second-order valence-electron chi connectivity index (χ2n) is 7.87. The molecule has 0 aliphatic rings. The average molecular weight is 494 g/mol. The Morgan fingerprint density at radius 1 is 0.944 bits per heavy atom. The molecule has 0 saturated carbocycles. The minimum Gasteiger partial charge on any atom is -0.406 e. The molecule has 0 aromatic heterocycles. The Kier molecular flexibility index (Phi) is 7.52. The molecule has 3 aromatic carbocycles. The molecule has 0 heterocycles. The molecule has 7 nitrogen and oxygen atoms in total. The zero-order valence-electron chi connectivity index (χ0n) is 19.3. The van der Waals surface area contributed by atoms with E-state index in [4.69, 9.17) is 10.5 Å². The molecular formula is C26H21F3N4O3. The van der Waals surface area contributed by atoms with Gasteiger partial charge in [0.15, 0.2) is 5.72 Å². The number of hydrogen-bond donors (Lipinski definition) is 1. The van der Waals surface area contributed by atoms with Crippen molar-refractivity contribution in [1.82, 2.24) is 0 Å². The first kappa shape index (κ1) is 26.1. The van der Waals surface area contributed by atoms with Gasteiger partial charge in [-0.25, -0.2) is 0 Å². The number of anilines is 2. The Hall–Kier alpha value is -4.54. The predicted octanol–water partition coefficient (Wildman–Crippen LogP) is 4.66. The Balaban J connectivity index is 2.15. The summed E-state index contributed by atoms with van der Waals surface area (Å²) in [4.78, 5) is 14.8. The summed E-state index contributed by atoms with van der Waals surface area (Å²) >= 11 is 0. The third kappa shape index (κ3) is 5.40. The number of ether oxygens (including phenoxy) is 1. The highest BCUT2D eigenvalue weighted by atomic mass is 19.4. The van der Waals surface area contributed by atoms with Crippen LogP contribution in [0.1, 0.15) is 23.6 Å². The van der Waals surface area contributed by atoms with Gasteiger partial charge in [0, 0.05) is 24.0 Å². The number of nitriles is 2. The van der Waals surface area contributed by atoms with Crippen molar-refractivity contribution in [2.45, 2.75) is 25.1 Å². The van der Waals surface area contributed by atoms with E-state index < -0.39 is 23.9 Å². The molecule has 3 aromatic rings. The number of carbonyl (C=O) groups excluding carboxylic acids is 1. The number of likely N-dealkylation sites (N-methyl/N-ethyl adjacent to an activating group) is 1. The van der Waals surface area contributed by atoms with E-state index in [2.05, 4.69) is 4.74 Å². The Morgan fingerprint density at radius 2 is 1.47 bits per heavy atom. The number of amides is 1. The number of nitrogens with zero attached hydrogens (tertiary/aromatic N) is 4. The maximum atomic E-state index is 12.9. The topological polar surface area (TPSA) is 101 Å². The summed E-state index contributed by atoms with van der Waals surface area (Å²) in [7, 11) is 1.51. The number of halogens is 3. The van der Waals surface area contributed by atoms with Crippen LogP contribution < -0.4 is 14.5 Å². The van der Waals surface area contributed by atoms with Crippen molar-refractivity contribution in [3.63, 3.8) is 0 Å². The zero-order valence-corrected chi connectivity index (χ0v) is 19.3. The molecular weight excluding hydrogens is 473 g/mol. The molecule has 0 spiro atoms. The highest BCUT2D eigenvalue weighted by molar-refractivity contribution is 5.77. The van der Waals surface area contributed by atoms with E-state index in [9.17, 15) is 23.1 Å². The fraction of sp³-hybridized carbons (Fsp3) is 0.192. The molecule has 0 fully saturated rings. The average Bonchev–Trinajstić information content (AvgIpc) is 2.87. The van der Waals surface area contributed by atoms with E-state index in [-0.39, 0.29) is 5.56 Å². The van der Waals surface area contributed by atoms with Gasteiger partial charge in [-0.05, 0) is 67.6 Å². The molecule has 184 valence electrons. The van der Waals surface area contributed by atoms with Gasteiger partial charge in [0.05, 0.1) is 29.3 Å². The molecule has 2 atom stereocenters. The molecule has 0 aliphatic heterocycles. The van der Waals surface area contributed by atoms with Crippen molar-refractivity contribution in [3.05, 3.63) is 89.5 Å². The minimum absolute atomic E-state index is 0.0177. The van der Waals surface area contributed by atoms with Gasteiger partial charge in [0.2, 0.25) is 6.41 Å². The van der Waals surface area contributed by atoms with Crippen LogP contribution in [0.3, 0.4) is 0 Å². The lowest BCUT2D eigenvalue weighted by atomic mass is 9.91. The fourth-order valence-electron chi connectivity index (χ4n) is 3.87. The molecule has 0 radical (unpaired) electrons. The van der Waals surface area contributed by atoms with E-state index in [1.807, 2.05) is 12.1 Å². The second kappa shape index (κ2) is 10.4. The number of carbonyl (C=O) groups is 1. The van der Waals surface area contributed by atoms with Crippen LogP contribution in [-0.2, 0) is 10.5 Å². The number of alkyl halides is 3. The smallest absolute Gasteiger partial charge is 0.406 e. The van der Waals surface area contributed by atoms with Gasteiger partial charge in [-0.15, -0.1) is 13.2 Å². The maximum absolute atomic E-state index is 12.9. The third-order valence-electron chi connectivity index (χ3n) is 5.80. The van der Waals surface area contributed by atoms with Crippen LogP contribution in [0.15, 0.2) is 72.8 Å². The monoisotopic (exact) mass is 494 g/mol. The summed E-state index contributed by atoms with van der Waals surface area (Å²) in [6, 6.07) is 20.0. The van der Waals surface area contributed by atoms with Gasteiger partial charge in [-0.1, -0.05) is 12.1 Å². The second-order valence-corrected chi connectivity index (χ2v) is 7.87. The highest BCUT2D eigenvalue weighted by Gasteiger charge is 2.44. The van der Waals surface area contributed by atoms with Crippen LogP contribution >= 0.6 is 0 Å². The number of rotatable bonds is 8. The Morgan fingerprint density at radius 3 is 1.94 bits per heavy atom. The molecule has 0 bridgehead atoms. The van der Waals surface area contributed by atoms with Gasteiger partial charge >= 0.3 is 6.36 Å². The van der Waals surface area contributed by atoms with Crippen molar-refractivity contribution in [1.29, 1.82) is 10.5 Å². The maximum Gasteiger partial charge on any atom is 0.573 e. The van der Waals surface area contributed by atoms with Crippen molar-refractivity contribution >= 4 is 17.8 Å². The highest BCUT2D eigenvalue weighted by Crippen LogP contribution is 2.38. The van der Waals surface area contributed by atoms with Gasteiger partial charge in [0.1, 0.15) is 5.75 Å². The van der Waals surface area contributed by atoms with Gasteiger partial charge in [-0.3, -0.25) is 4.79 Å². The standard InChI is InChI=1S/C26H21F3N4O3/c1-18(33(17-34)23-12-8-20(16-31)9-13-23)25(35,32(2)22-10-6-19(15-30)7-11-22)21-4-3-5-24(14-21)36-26(27,28)29/h3-14,17-18,35H,1-2H3. The summed E-state index contributed by atoms with van der Waals surface area (Å²) < 4.78 is 42.7. The first-order valence-corrected chi connectivity index (χ1v) is 10.6. The van der Waals surface area contributed by atoms with Crippen LogP contribution in [0, 0.1) is 22.7 Å². The van der Waals surface area contributed by atoms with Gasteiger partial charge in [-0.2, -0.15) is 10.5 Å². The van der Waals surface area contributed by atoms with Crippen molar-refractivity contribution in [2.75, 3.05) is 16.8 Å². The summed E-state index contributed by atoms with van der Waals surface area (Å²) in [5, 5.41) is 30.3. The zero-order chi connectivity index (χ0) is 26.5. The largest absolute Gasteiger partial charge is 0.573 e. The van der Waals surface area contributed by atoms with Crippen LogP contribution in [0.5, 0.6) is 5.75 Å². The van der Waals surface area contributed by atoms with E-state index in [1.54, 1.807) is 12.1 Å². The lowest BCUT2D eigenvalue weighted by Gasteiger charge is -2.46. The first-order valence-electron chi connectivity index (χ1n) is 10.6. The lowest BCUT2D eigenvalue weighted by molar-refractivity contribution is -0.274. The summed E-state index contributed by atoms with van der Waals surface area (Å²) in [5.41, 5.74) is -0.546. The SMILES string of the molecule is CC(N(C=O)c1ccc(C#N)cc1)C(O)(c1cccc(OC(F)(F)F)c1)N(C)c1ccc(C#N)cc1. The molecule has 3 rings (SSSR count). The molecule has 10 heteroatoms. The van der Waals surface area contributed by atoms with Crippen LogP contribution in [0.25, 0.3) is 0 Å². The molecule has 1 N–H and O–H groups in total. The van der Waals surface area contributed by atoms with Gasteiger partial charge < -0.3 is 19.6 Å². The summed E-state index contributed by atoms with van der Waals surface area (Å²) in [6.45, 7) is 1.53. The first-order chi connectivity index (χ1) is 17.0. The van der Waals surface area contributed by atoms with Crippen molar-refractivity contribution in [2.24, 2.45) is 0 Å². The number of aliphatic hydroxyl groups is 1. The number of benzene rings is 3. The van der Waals surface area contributed by atoms with Crippen molar-refractivity contribution in [3.8, 4) is 17.9 Å². The molecule has 0 saturated heterocycles. The molecule has 2 unspecified atom stereocenters. The van der Waals surface area contributed by atoms with Crippen LogP contribution in [0.4, 0.5) is 24.5 Å². The van der Waals surface area contributed by atoms with E-state index in [1.165, 1.54) is 72.3 Å². The lowest BCUT2D eigenvalue weighted by Crippen LogP contribution is -2.58. The normalized spacial score (nSPS) is 13.4. The van der Waals surface area contributed by atoms with E-state index >= 15 is 0 Å². The van der Waals surface area contributed by atoms with Crippen molar-refractivity contribution < 1.29 is 27.8 Å². The molecule has 1 amide bonds. The predicted molar refractivity (Wildman–Crippen MR) is 126 cm³/mol. The molecule has 0 aliphatic carbocycles. The number of hydrogen-bond acceptors (Lipinski definition) is 6.